The molecule has 184 valence electrons. The molecule has 2 fully saturated rings. The Kier molecular flexibility index (Phi) is 7.46. The maximum atomic E-state index is 5.90. The van der Waals surface area contributed by atoms with Crippen molar-refractivity contribution in [2.45, 2.75) is 38.9 Å². The first-order valence-corrected chi connectivity index (χ1v) is 13.0. The normalized spacial score (nSPS) is 20.9. The van der Waals surface area contributed by atoms with E-state index < -0.39 is 0 Å². The lowest BCUT2D eigenvalue weighted by Gasteiger charge is -2.30. The van der Waals surface area contributed by atoms with E-state index in [1.165, 1.54) is 22.5 Å². The Morgan fingerprint density at radius 3 is 2.54 bits per heavy atom. The van der Waals surface area contributed by atoms with E-state index in [1.54, 1.807) is 0 Å². The first-order chi connectivity index (χ1) is 17.1. The predicted molar refractivity (Wildman–Crippen MR) is 143 cm³/mol. The number of hydrogen-bond acceptors (Lipinski definition) is 4. The van der Waals surface area contributed by atoms with E-state index in [1.807, 2.05) is 12.3 Å². The van der Waals surface area contributed by atoms with Gasteiger partial charge in [0.1, 0.15) is 0 Å². The van der Waals surface area contributed by atoms with E-state index in [-0.39, 0.29) is 12.1 Å². The van der Waals surface area contributed by atoms with Crippen LogP contribution in [0.3, 0.4) is 0 Å². The first kappa shape index (κ1) is 24.0. The quantitative estimate of drug-likeness (QED) is 0.478. The Morgan fingerprint density at radius 2 is 1.80 bits per heavy atom. The van der Waals surface area contributed by atoms with Crippen LogP contribution in [-0.4, -0.2) is 63.9 Å². The maximum Gasteiger partial charge on any atom is 0.170 e. The van der Waals surface area contributed by atoms with Gasteiger partial charge in [-0.2, -0.15) is 0 Å². The van der Waals surface area contributed by atoms with Crippen LogP contribution in [0.1, 0.15) is 46.7 Å². The van der Waals surface area contributed by atoms with Crippen molar-refractivity contribution in [3.8, 4) is 0 Å². The molecule has 0 radical (unpaired) electrons. The van der Waals surface area contributed by atoms with Crippen LogP contribution in [0.2, 0.25) is 0 Å². The molecule has 4 heterocycles. The van der Waals surface area contributed by atoms with Crippen molar-refractivity contribution in [2.24, 2.45) is 0 Å². The average Bonchev–Trinajstić information content (AvgIpc) is 3.36. The molecule has 0 aliphatic carbocycles. The summed E-state index contributed by atoms with van der Waals surface area (Å²) in [4.78, 5) is 9.59. The minimum Gasteiger partial charge on any atom is -0.379 e. The number of aryl methyl sites for hydroxylation is 1. The molecule has 2 aliphatic heterocycles. The molecular weight excluding hydrogens is 454 g/mol. The lowest BCUT2D eigenvalue weighted by molar-refractivity contribution is 0.0365. The van der Waals surface area contributed by atoms with Gasteiger partial charge < -0.3 is 19.5 Å². The molecule has 0 amide bonds. The number of nitrogens with zero attached hydrogens (tertiary/aromatic N) is 4. The Morgan fingerprint density at radius 1 is 1.03 bits per heavy atom. The molecular formula is C28H35N5OS. The molecule has 6 nitrogen and oxygen atoms in total. The average molecular weight is 490 g/mol. The van der Waals surface area contributed by atoms with Crippen molar-refractivity contribution < 1.29 is 4.74 Å². The fraction of sp³-hybridized carbons (Fsp3) is 0.429. The van der Waals surface area contributed by atoms with Gasteiger partial charge in [0.2, 0.25) is 0 Å². The standard InChI is InChI=1S/C28H35N5OS/c1-21-19-24(22(2)33(21)20-23-9-4-3-5-10-23)27-26(25-11-6-7-12-29-25)30-28(35)32(27)14-8-13-31-15-17-34-18-16-31/h3-7,9-12,19,26-27H,8,13-18,20H2,1-2H3,(H,30,35). The second-order valence-electron chi connectivity index (χ2n) is 9.53. The number of rotatable bonds is 8. The third-order valence-electron chi connectivity index (χ3n) is 7.29. The third-order valence-corrected chi connectivity index (χ3v) is 7.64. The summed E-state index contributed by atoms with van der Waals surface area (Å²) in [7, 11) is 0. The monoisotopic (exact) mass is 489 g/mol. The molecule has 5 rings (SSSR count). The largest absolute Gasteiger partial charge is 0.379 e. The minimum atomic E-state index is 0.0257. The lowest BCUT2D eigenvalue weighted by atomic mass is 9.96. The van der Waals surface area contributed by atoms with Gasteiger partial charge in [-0.15, -0.1) is 0 Å². The number of morpholine rings is 1. The topological polar surface area (TPSA) is 45.6 Å². The van der Waals surface area contributed by atoms with E-state index in [2.05, 4.69) is 82.1 Å². The SMILES string of the molecule is Cc1cc(C2C(c3ccccn3)NC(=S)N2CCCN2CCOCC2)c(C)n1Cc1ccccc1. The summed E-state index contributed by atoms with van der Waals surface area (Å²) < 4.78 is 7.94. The van der Waals surface area contributed by atoms with Crippen molar-refractivity contribution in [1.29, 1.82) is 0 Å². The summed E-state index contributed by atoms with van der Waals surface area (Å²) in [6, 6.07) is 19.3. The van der Waals surface area contributed by atoms with Crippen LogP contribution in [-0.2, 0) is 11.3 Å². The van der Waals surface area contributed by atoms with Gasteiger partial charge >= 0.3 is 0 Å². The maximum absolute atomic E-state index is 5.90. The molecule has 0 spiro atoms. The van der Waals surface area contributed by atoms with Crippen molar-refractivity contribution >= 4 is 17.3 Å². The minimum absolute atomic E-state index is 0.0257. The summed E-state index contributed by atoms with van der Waals surface area (Å²) in [6.45, 7) is 11.0. The number of pyridine rings is 1. The van der Waals surface area contributed by atoms with Crippen LogP contribution in [0, 0.1) is 13.8 Å². The Bertz CT molecular complexity index is 1130. The number of nitrogens with one attached hydrogen (secondary N) is 1. The van der Waals surface area contributed by atoms with Crippen LogP contribution in [0.15, 0.2) is 60.8 Å². The van der Waals surface area contributed by atoms with Crippen molar-refractivity contribution in [3.05, 3.63) is 89.0 Å². The molecule has 7 heteroatoms. The van der Waals surface area contributed by atoms with Crippen molar-refractivity contribution in [3.63, 3.8) is 0 Å². The van der Waals surface area contributed by atoms with Crippen LogP contribution < -0.4 is 5.32 Å². The van der Waals surface area contributed by atoms with Gasteiger partial charge in [-0.05, 0) is 61.8 Å². The van der Waals surface area contributed by atoms with Gasteiger partial charge in [0.15, 0.2) is 5.11 Å². The molecule has 2 atom stereocenters. The molecule has 0 saturated carbocycles. The zero-order chi connectivity index (χ0) is 24.2. The number of ether oxygens (including phenoxy) is 1. The lowest BCUT2D eigenvalue weighted by Crippen LogP contribution is -2.39. The van der Waals surface area contributed by atoms with Crippen molar-refractivity contribution in [2.75, 3.05) is 39.4 Å². The van der Waals surface area contributed by atoms with Crippen LogP contribution in [0.25, 0.3) is 0 Å². The summed E-state index contributed by atoms with van der Waals surface area (Å²) in [5, 5.41) is 4.43. The Hall–Kier alpha value is -2.74. The number of benzene rings is 1. The molecule has 1 aromatic carbocycles. The van der Waals surface area contributed by atoms with Gasteiger partial charge in [-0.3, -0.25) is 9.88 Å². The molecule has 2 saturated heterocycles. The second kappa shape index (κ2) is 10.9. The zero-order valence-corrected chi connectivity index (χ0v) is 21.5. The second-order valence-corrected chi connectivity index (χ2v) is 9.91. The van der Waals surface area contributed by atoms with Gasteiger partial charge in [-0.25, -0.2) is 0 Å². The van der Waals surface area contributed by atoms with E-state index in [4.69, 9.17) is 21.9 Å². The molecule has 2 aromatic heterocycles. The molecule has 0 bridgehead atoms. The number of hydrogen-bond donors (Lipinski definition) is 1. The highest BCUT2D eigenvalue weighted by atomic mass is 32.1. The fourth-order valence-electron chi connectivity index (χ4n) is 5.41. The van der Waals surface area contributed by atoms with Crippen LogP contribution in [0.4, 0.5) is 0 Å². The van der Waals surface area contributed by atoms with Crippen LogP contribution in [0.5, 0.6) is 0 Å². The molecule has 2 unspecified atom stereocenters. The van der Waals surface area contributed by atoms with E-state index in [0.29, 0.717) is 0 Å². The fourth-order valence-corrected chi connectivity index (χ4v) is 5.74. The van der Waals surface area contributed by atoms with Crippen molar-refractivity contribution in [1.82, 2.24) is 24.7 Å². The van der Waals surface area contributed by atoms with E-state index in [9.17, 15) is 0 Å². The van der Waals surface area contributed by atoms with Gasteiger partial charge in [0.25, 0.3) is 0 Å². The van der Waals surface area contributed by atoms with Gasteiger partial charge in [0.05, 0.1) is 31.0 Å². The Balaban J connectivity index is 1.43. The molecule has 3 aromatic rings. The van der Waals surface area contributed by atoms with Crippen LogP contribution >= 0.6 is 12.2 Å². The number of thiocarbonyl (C=S) groups is 1. The summed E-state index contributed by atoms with van der Waals surface area (Å²) in [5.74, 6) is 0. The van der Waals surface area contributed by atoms with E-state index >= 15 is 0 Å². The zero-order valence-electron chi connectivity index (χ0n) is 20.7. The summed E-state index contributed by atoms with van der Waals surface area (Å²) in [6.07, 6.45) is 2.94. The van der Waals surface area contributed by atoms with Gasteiger partial charge in [0, 0.05) is 50.3 Å². The molecule has 35 heavy (non-hydrogen) atoms. The van der Waals surface area contributed by atoms with E-state index in [0.717, 1.165) is 63.2 Å². The predicted octanol–water partition coefficient (Wildman–Crippen LogP) is 4.24. The molecule has 2 aliphatic rings. The Labute approximate surface area is 213 Å². The third kappa shape index (κ3) is 5.27. The first-order valence-electron chi connectivity index (χ1n) is 12.6. The molecule has 1 N–H and O–H groups in total. The highest BCUT2D eigenvalue weighted by Gasteiger charge is 2.41. The summed E-state index contributed by atoms with van der Waals surface area (Å²) >= 11 is 5.90. The van der Waals surface area contributed by atoms with Gasteiger partial charge in [-0.1, -0.05) is 36.4 Å². The number of aromatic nitrogens is 2. The highest BCUT2D eigenvalue weighted by molar-refractivity contribution is 7.80. The highest BCUT2D eigenvalue weighted by Crippen LogP contribution is 2.41. The smallest absolute Gasteiger partial charge is 0.170 e. The summed E-state index contributed by atoms with van der Waals surface area (Å²) in [5.41, 5.74) is 6.23.